The summed E-state index contributed by atoms with van der Waals surface area (Å²) in [6, 6.07) is 15.2. The summed E-state index contributed by atoms with van der Waals surface area (Å²) >= 11 is 0. The summed E-state index contributed by atoms with van der Waals surface area (Å²) in [5.74, 6) is 1.07. The molecule has 2 aromatic rings. The predicted octanol–water partition coefficient (Wildman–Crippen LogP) is 3.46. The third-order valence-electron chi connectivity index (χ3n) is 5.78. The van der Waals surface area contributed by atoms with Crippen LogP contribution in [0.1, 0.15) is 25.3 Å². The van der Waals surface area contributed by atoms with Gasteiger partial charge in [-0.2, -0.15) is 0 Å². The van der Waals surface area contributed by atoms with E-state index in [0.717, 1.165) is 51.8 Å². The van der Waals surface area contributed by atoms with Crippen LogP contribution in [0, 0.1) is 5.41 Å². The number of ether oxygens (including phenoxy) is 1. The number of aliphatic imine (C=N–C) groups is 1. The Balaban J connectivity index is 1.44. The van der Waals surface area contributed by atoms with Crippen molar-refractivity contribution in [3.05, 3.63) is 48.0 Å². The highest BCUT2D eigenvalue weighted by atomic mass is 16.5. The van der Waals surface area contributed by atoms with Gasteiger partial charge in [-0.1, -0.05) is 42.5 Å². The van der Waals surface area contributed by atoms with Gasteiger partial charge in [0.2, 0.25) is 0 Å². The van der Waals surface area contributed by atoms with Gasteiger partial charge in [0.15, 0.2) is 5.96 Å². The van der Waals surface area contributed by atoms with Gasteiger partial charge in [0.05, 0.1) is 6.61 Å². The lowest BCUT2D eigenvalue weighted by Gasteiger charge is -2.25. The molecule has 2 aliphatic heterocycles. The Morgan fingerprint density at radius 3 is 2.92 bits per heavy atom. The van der Waals surface area contributed by atoms with Crippen molar-refractivity contribution in [2.24, 2.45) is 10.4 Å². The molecule has 2 saturated heterocycles. The van der Waals surface area contributed by atoms with Crippen LogP contribution < -0.4 is 5.32 Å². The summed E-state index contributed by atoms with van der Waals surface area (Å²) in [4.78, 5) is 7.37. The van der Waals surface area contributed by atoms with E-state index < -0.39 is 0 Å². The Labute approximate surface area is 156 Å². The Kier molecular flexibility index (Phi) is 5.11. The van der Waals surface area contributed by atoms with Gasteiger partial charge in [0.1, 0.15) is 0 Å². The number of nitrogens with zero attached hydrogens (tertiary/aromatic N) is 2. The first kappa shape index (κ1) is 17.3. The molecule has 4 heteroatoms. The number of rotatable bonds is 4. The van der Waals surface area contributed by atoms with Crippen molar-refractivity contribution in [3.8, 4) is 0 Å². The predicted molar refractivity (Wildman–Crippen MR) is 108 cm³/mol. The second-order valence-corrected chi connectivity index (χ2v) is 7.60. The minimum Gasteiger partial charge on any atom is -0.381 e. The van der Waals surface area contributed by atoms with E-state index in [1.165, 1.54) is 29.2 Å². The highest BCUT2D eigenvalue weighted by molar-refractivity contribution is 5.85. The first-order chi connectivity index (χ1) is 12.8. The maximum absolute atomic E-state index is 5.66. The number of hydrogen-bond donors (Lipinski definition) is 1. The molecule has 0 saturated carbocycles. The van der Waals surface area contributed by atoms with E-state index in [1.807, 2.05) is 0 Å². The zero-order valence-corrected chi connectivity index (χ0v) is 15.7. The van der Waals surface area contributed by atoms with Gasteiger partial charge < -0.3 is 15.0 Å². The lowest BCUT2D eigenvalue weighted by molar-refractivity contribution is 0.156. The van der Waals surface area contributed by atoms with Crippen LogP contribution in [0.25, 0.3) is 10.8 Å². The number of guanidine groups is 1. The maximum Gasteiger partial charge on any atom is 0.193 e. The average Bonchev–Trinajstić information content (AvgIpc) is 3.31. The van der Waals surface area contributed by atoms with Gasteiger partial charge in [-0.25, -0.2) is 0 Å². The molecular weight excluding hydrogens is 322 g/mol. The van der Waals surface area contributed by atoms with Crippen LogP contribution in [-0.4, -0.2) is 50.3 Å². The molecule has 2 fully saturated rings. The number of fused-ring (bicyclic) bond motifs is 1. The molecule has 0 amide bonds. The van der Waals surface area contributed by atoms with E-state index in [2.05, 4.69) is 59.6 Å². The summed E-state index contributed by atoms with van der Waals surface area (Å²) in [6.07, 6.45) is 3.39. The molecule has 1 spiro atoms. The van der Waals surface area contributed by atoms with Gasteiger partial charge in [0, 0.05) is 38.2 Å². The Morgan fingerprint density at radius 2 is 2.08 bits per heavy atom. The Hall–Kier alpha value is -2.07. The molecule has 4 rings (SSSR count). The maximum atomic E-state index is 5.66. The Morgan fingerprint density at radius 1 is 1.19 bits per heavy atom. The van der Waals surface area contributed by atoms with Crippen LogP contribution in [0.15, 0.2) is 47.5 Å². The van der Waals surface area contributed by atoms with Crippen molar-refractivity contribution in [1.29, 1.82) is 0 Å². The fraction of sp³-hybridized carbons (Fsp3) is 0.500. The lowest BCUT2D eigenvalue weighted by atomic mass is 9.87. The summed E-state index contributed by atoms with van der Waals surface area (Å²) in [5, 5.41) is 6.14. The first-order valence-electron chi connectivity index (χ1n) is 9.87. The fourth-order valence-electron chi connectivity index (χ4n) is 4.31. The summed E-state index contributed by atoms with van der Waals surface area (Å²) < 4.78 is 5.66. The van der Waals surface area contributed by atoms with Crippen molar-refractivity contribution in [3.63, 3.8) is 0 Å². The van der Waals surface area contributed by atoms with Crippen LogP contribution in [-0.2, 0) is 11.2 Å². The molecule has 0 aromatic heterocycles. The van der Waals surface area contributed by atoms with Gasteiger partial charge in [-0.15, -0.1) is 0 Å². The van der Waals surface area contributed by atoms with Crippen molar-refractivity contribution in [2.45, 2.75) is 26.2 Å². The standard InChI is InChI=1S/C22H29N3O/c1-2-23-21(25-14-11-22(16-25)12-15-26-17-22)24-13-10-19-8-5-7-18-6-3-4-9-20(18)19/h3-9H,2,10-17H2,1H3,(H,23,24). The Bertz CT molecular complexity index is 775. The number of likely N-dealkylation sites (tertiary alicyclic amines) is 1. The molecule has 0 radical (unpaired) electrons. The highest BCUT2D eigenvalue weighted by Crippen LogP contribution is 2.38. The van der Waals surface area contributed by atoms with E-state index in [4.69, 9.17) is 9.73 Å². The van der Waals surface area contributed by atoms with Crippen LogP contribution in [0.5, 0.6) is 0 Å². The monoisotopic (exact) mass is 351 g/mol. The number of benzene rings is 2. The van der Waals surface area contributed by atoms with Crippen molar-refractivity contribution in [1.82, 2.24) is 10.2 Å². The molecule has 1 N–H and O–H groups in total. The molecule has 2 heterocycles. The normalized spacial score (nSPS) is 23.3. The van der Waals surface area contributed by atoms with Gasteiger partial charge in [0.25, 0.3) is 0 Å². The minimum atomic E-state index is 0.367. The van der Waals surface area contributed by atoms with E-state index in [0.29, 0.717) is 5.41 Å². The zero-order chi connectivity index (χ0) is 17.8. The summed E-state index contributed by atoms with van der Waals surface area (Å²) in [6.45, 7) is 7.87. The van der Waals surface area contributed by atoms with Crippen LogP contribution >= 0.6 is 0 Å². The average molecular weight is 351 g/mol. The van der Waals surface area contributed by atoms with E-state index in [9.17, 15) is 0 Å². The van der Waals surface area contributed by atoms with Crippen LogP contribution in [0.3, 0.4) is 0 Å². The van der Waals surface area contributed by atoms with Gasteiger partial charge in [-0.3, -0.25) is 4.99 Å². The molecule has 138 valence electrons. The second-order valence-electron chi connectivity index (χ2n) is 7.60. The van der Waals surface area contributed by atoms with Gasteiger partial charge in [-0.05, 0) is 42.5 Å². The SMILES string of the molecule is CCNC(=NCCc1cccc2ccccc12)N1CCC2(CCOC2)C1. The molecule has 1 atom stereocenters. The van der Waals surface area contributed by atoms with E-state index in [1.54, 1.807) is 0 Å². The van der Waals surface area contributed by atoms with Crippen LogP contribution in [0.4, 0.5) is 0 Å². The first-order valence-corrected chi connectivity index (χ1v) is 9.87. The number of nitrogens with one attached hydrogen (secondary N) is 1. The third-order valence-corrected chi connectivity index (χ3v) is 5.78. The lowest BCUT2D eigenvalue weighted by Crippen LogP contribution is -2.41. The van der Waals surface area contributed by atoms with Crippen LogP contribution in [0.2, 0.25) is 0 Å². The quantitative estimate of drug-likeness (QED) is 0.677. The highest BCUT2D eigenvalue weighted by Gasteiger charge is 2.42. The second kappa shape index (κ2) is 7.67. The number of hydrogen-bond acceptors (Lipinski definition) is 2. The molecule has 0 aliphatic carbocycles. The van der Waals surface area contributed by atoms with Crippen molar-refractivity contribution >= 4 is 16.7 Å². The smallest absolute Gasteiger partial charge is 0.193 e. The summed E-state index contributed by atoms with van der Waals surface area (Å²) in [7, 11) is 0. The topological polar surface area (TPSA) is 36.9 Å². The van der Waals surface area contributed by atoms with Gasteiger partial charge >= 0.3 is 0 Å². The van der Waals surface area contributed by atoms with Crippen molar-refractivity contribution < 1.29 is 4.74 Å². The summed E-state index contributed by atoms with van der Waals surface area (Å²) in [5.41, 5.74) is 1.75. The van der Waals surface area contributed by atoms with E-state index in [-0.39, 0.29) is 0 Å². The molecule has 2 aromatic carbocycles. The fourth-order valence-corrected chi connectivity index (χ4v) is 4.31. The molecular formula is C22H29N3O. The largest absolute Gasteiger partial charge is 0.381 e. The molecule has 26 heavy (non-hydrogen) atoms. The minimum absolute atomic E-state index is 0.367. The molecule has 1 unspecified atom stereocenters. The van der Waals surface area contributed by atoms with Crippen molar-refractivity contribution in [2.75, 3.05) is 39.4 Å². The zero-order valence-electron chi connectivity index (χ0n) is 15.7. The third kappa shape index (κ3) is 3.56. The molecule has 4 nitrogen and oxygen atoms in total. The molecule has 0 bridgehead atoms. The molecule has 2 aliphatic rings. The van der Waals surface area contributed by atoms with E-state index >= 15 is 0 Å².